The van der Waals surface area contributed by atoms with Gasteiger partial charge in [0.1, 0.15) is 5.82 Å². The number of hydrogen-bond acceptors (Lipinski definition) is 6. The van der Waals surface area contributed by atoms with E-state index in [1.165, 1.54) is 11.6 Å². The van der Waals surface area contributed by atoms with Gasteiger partial charge in [0.25, 0.3) is 0 Å². The van der Waals surface area contributed by atoms with Crippen LogP contribution in [0.1, 0.15) is 29.9 Å². The van der Waals surface area contributed by atoms with Crippen LogP contribution in [-0.2, 0) is 17.1 Å². The van der Waals surface area contributed by atoms with Crippen LogP contribution in [0.25, 0.3) is 11.4 Å². The number of thioether (sulfide) groups is 1. The number of likely N-dealkylation sites (tertiary alicyclic amines) is 1. The standard InChI is InChI=1S/C25H29FN4O2S/c1-18-8-10-19(11-9-18)24-28-23(32-29-24)16-30-13-4-6-20(15-30)25(31)27-12-14-33-17-21-5-2-3-7-22(21)26/h2-3,5,7-11,20H,4,6,12-17H2,1H3,(H,27,31). The van der Waals surface area contributed by atoms with Crippen LogP contribution in [0.5, 0.6) is 0 Å². The molecule has 174 valence electrons. The van der Waals surface area contributed by atoms with E-state index in [0.29, 0.717) is 42.7 Å². The van der Waals surface area contributed by atoms with Crippen molar-refractivity contribution in [3.8, 4) is 11.4 Å². The highest BCUT2D eigenvalue weighted by molar-refractivity contribution is 7.98. The molecule has 0 aliphatic carbocycles. The Hall–Kier alpha value is -2.71. The molecule has 4 rings (SSSR count). The number of aromatic nitrogens is 2. The predicted molar refractivity (Wildman–Crippen MR) is 128 cm³/mol. The van der Waals surface area contributed by atoms with Gasteiger partial charge in [0.2, 0.25) is 17.6 Å². The number of nitrogens with one attached hydrogen (secondary N) is 1. The van der Waals surface area contributed by atoms with Crippen LogP contribution >= 0.6 is 11.8 Å². The van der Waals surface area contributed by atoms with Crippen molar-refractivity contribution in [1.29, 1.82) is 0 Å². The van der Waals surface area contributed by atoms with Crippen molar-refractivity contribution in [2.75, 3.05) is 25.4 Å². The highest BCUT2D eigenvalue weighted by atomic mass is 32.2. The number of carbonyl (C=O) groups excluding carboxylic acids is 1. The van der Waals surface area contributed by atoms with E-state index in [-0.39, 0.29) is 17.6 Å². The molecule has 8 heteroatoms. The molecule has 0 bridgehead atoms. The molecule has 1 unspecified atom stereocenters. The van der Waals surface area contributed by atoms with E-state index in [1.54, 1.807) is 23.9 Å². The molecule has 1 aromatic heterocycles. The monoisotopic (exact) mass is 468 g/mol. The van der Waals surface area contributed by atoms with E-state index in [1.807, 2.05) is 37.3 Å². The van der Waals surface area contributed by atoms with Gasteiger partial charge in [-0.2, -0.15) is 16.7 Å². The number of halogens is 1. The van der Waals surface area contributed by atoms with Crippen LogP contribution in [-0.4, -0.2) is 46.3 Å². The van der Waals surface area contributed by atoms with Gasteiger partial charge in [0.05, 0.1) is 12.5 Å². The Morgan fingerprint density at radius 3 is 2.88 bits per heavy atom. The molecule has 3 aromatic rings. The number of carbonyl (C=O) groups is 1. The summed E-state index contributed by atoms with van der Waals surface area (Å²) in [5.41, 5.74) is 2.81. The lowest BCUT2D eigenvalue weighted by Gasteiger charge is -2.30. The van der Waals surface area contributed by atoms with Crippen LogP contribution in [0.2, 0.25) is 0 Å². The Kier molecular flexibility index (Phi) is 8.12. The zero-order valence-corrected chi connectivity index (χ0v) is 19.6. The number of amides is 1. The van der Waals surface area contributed by atoms with Gasteiger partial charge >= 0.3 is 0 Å². The second-order valence-electron chi connectivity index (χ2n) is 8.39. The topological polar surface area (TPSA) is 71.3 Å². The largest absolute Gasteiger partial charge is 0.355 e. The van der Waals surface area contributed by atoms with Crippen molar-refractivity contribution < 1.29 is 13.7 Å². The minimum absolute atomic E-state index is 0.0465. The molecule has 1 amide bonds. The molecule has 0 spiro atoms. The first kappa shape index (κ1) is 23.4. The molecule has 0 saturated carbocycles. The summed E-state index contributed by atoms with van der Waals surface area (Å²) in [7, 11) is 0. The van der Waals surface area contributed by atoms with Gasteiger partial charge < -0.3 is 9.84 Å². The van der Waals surface area contributed by atoms with Crippen LogP contribution < -0.4 is 5.32 Å². The van der Waals surface area contributed by atoms with Gasteiger partial charge in [-0.25, -0.2) is 4.39 Å². The summed E-state index contributed by atoms with van der Waals surface area (Å²) in [6, 6.07) is 14.8. The lowest BCUT2D eigenvalue weighted by molar-refractivity contribution is -0.126. The third-order valence-corrected chi connectivity index (χ3v) is 6.78. The second-order valence-corrected chi connectivity index (χ2v) is 9.49. The SMILES string of the molecule is Cc1ccc(-c2noc(CN3CCCC(C(=O)NCCSCc4ccccc4F)C3)n2)cc1. The number of nitrogens with zero attached hydrogens (tertiary/aromatic N) is 3. The molecule has 1 atom stereocenters. The highest BCUT2D eigenvalue weighted by Crippen LogP contribution is 2.21. The van der Waals surface area contributed by atoms with Crippen molar-refractivity contribution in [2.24, 2.45) is 5.92 Å². The molecule has 6 nitrogen and oxygen atoms in total. The minimum Gasteiger partial charge on any atom is -0.355 e. The average molecular weight is 469 g/mol. The van der Waals surface area contributed by atoms with E-state index in [4.69, 9.17) is 4.52 Å². The summed E-state index contributed by atoms with van der Waals surface area (Å²) in [5.74, 6) is 2.37. The summed E-state index contributed by atoms with van der Waals surface area (Å²) in [4.78, 5) is 19.4. The van der Waals surface area contributed by atoms with E-state index in [2.05, 4.69) is 20.4 Å². The fourth-order valence-electron chi connectivity index (χ4n) is 3.93. The van der Waals surface area contributed by atoms with Crippen molar-refractivity contribution in [2.45, 2.75) is 32.1 Å². The molecule has 2 heterocycles. The minimum atomic E-state index is -0.177. The Morgan fingerprint density at radius 1 is 1.24 bits per heavy atom. The smallest absolute Gasteiger partial charge is 0.241 e. The molecule has 2 aromatic carbocycles. The molecular weight excluding hydrogens is 439 g/mol. The zero-order valence-electron chi connectivity index (χ0n) is 18.8. The Balaban J connectivity index is 1.20. The average Bonchev–Trinajstić information content (AvgIpc) is 3.29. The highest BCUT2D eigenvalue weighted by Gasteiger charge is 2.26. The summed E-state index contributed by atoms with van der Waals surface area (Å²) in [5, 5.41) is 7.14. The first-order valence-corrected chi connectivity index (χ1v) is 12.4. The fourth-order valence-corrected chi connectivity index (χ4v) is 4.78. The molecule has 1 N–H and O–H groups in total. The Morgan fingerprint density at radius 2 is 2.06 bits per heavy atom. The first-order valence-electron chi connectivity index (χ1n) is 11.3. The number of rotatable bonds is 9. The normalized spacial score (nSPS) is 16.6. The third kappa shape index (κ3) is 6.65. The van der Waals surface area contributed by atoms with Crippen molar-refractivity contribution in [3.63, 3.8) is 0 Å². The maximum atomic E-state index is 13.7. The summed E-state index contributed by atoms with van der Waals surface area (Å²) in [6.07, 6.45) is 1.84. The van der Waals surface area contributed by atoms with Gasteiger partial charge in [0, 0.05) is 30.2 Å². The van der Waals surface area contributed by atoms with Crippen LogP contribution in [0.3, 0.4) is 0 Å². The van der Waals surface area contributed by atoms with E-state index < -0.39 is 0 Å². The molecule has 1 fully saturated rings. The lowest BCUT2D eigenvalue weighted by atomic mass is 9.97. The Bertz CT molecular complexity index is 1060. The van der Waals surface area contributed by atoms with Crippen LogP contribution in [0.4, 0.5) is 4.39 Å². The van der Waals surface area contributed by atoms with Crippen molar-refractivity contribution in [1.82, 2.24) is 20.4 Å². The first-order chi connectivity index (χ1) is 16.1. The van der Waals surface area contributed by atoms with Gasteiger partial charge in [-0.05, 0) is 37.9 Å². The zero-order chi connectivity index (χ0) is 23.0. The molecular formula is C25H29FN4O2S. The summed E-state index contributed by atoms with van der Waals surface area (Å²) >= 11 is 1.62. The molecule has 1 aliphatic rings. The van der Waals surface area contributed by atoms with E-state index in [9.17, 15) is 9.18 Å². The van der Waals surface area contributed by atoms with Crippen LogP contribution in [0.15, 0.2) is 53.1 Å². The summed E-state index contributed by atoms with van der Waals surface area (Å²) in [6.45, 7) is 4.75. The molecule has 1 aliphatic heterocycles. The lowest BCUT2D eigenvalue weighted by Crippen LogP contribution is -2.43. The number of benzene rings is 2. The molecule has 1 saturated heterocycles. The summed E-state index contributed by atoms with van der Waals surface area (Å²) < 4.78 is 19.1. The van der Waals surface area contributed by atoms with Gasteiger partial charge in [0.15, 0.2) is 0 Å². The van der Waals surface area contributed by atoms with Crippen LogP contribution in [0, 0.1) is 18.7 Å². The van der Waals surface area contributed by atoms with Crippen molar-refractivity contribution in [3.05, 3.63) is 71.4 Å². The van der Waals surface area contributed by atoms with E-state index >= 15 is 0 Å². The quantitative estimate of drug-likeness (QED) is 0.468. The number of aryl methyl sites for hydroxylation is 1. The van der Waals surface area contributed by atoms with E-state index in [0.717, 1.165) is 30.7 Å². The maximum Gasteiger partial charge on any atom is 0.241 e. The van der Waals surface area contributed by atoms with Gasteiger partial charge in [-0.3, -0.25) is 9.69 Å². The molecule has 33 heavy (non-hydrogen) atoms. The van der Waals surface area contributed by atoms with Gasteiger partial charge in [-0.1, -0.05) is 53.2 Å². The van der Waals surface area contributed by atoms with Crippen molar-refractivity contribution >= 4 is 17.7 Å². The third-order valence-electron chi connectivity index (χ3n) is 5.77. The maximum absolute atomic E-state index is 13.7. The second kappa shape index (κ2) is 11.4. The number of piperidine rings is 1. The fraction of sp³-hybridized carbons (Fsp3) is 0.400. The molecule has 0 radical (unpaired) electrons. The Labute approximate surface area is 197 Å². The predicted octanol–water partition coefficient (Wildman–Crippen LogP) is 4.45. The van der Waals surface area contributed by atoms with Gasteiger partial charge in [-0.15, -0.1) is 0 Å². The number of hydrogen-bond donors (Lipinski definition) is 1.